The highest BCUT2D eigenvalue weighted by molar-refractivity contribution is 6.30. The normalized spacial score (nSPS) is 12.1. The highest BCUT2D eigenvalue weighted by Gasteiger charge is 2.18. The van der Waals surface area contributed by atoms with Crippen LogP contribution < -0.4 is 10.9 Å². The lowest BCUT2D eigenvalue weighted by Crippen LogP contribution is -2.33. The first kappa shape index (κ1) is 16.2. The van der Waals surface area contributed by atoms with E-state index in [0.29, 0.717) is 21.6 Å². The Balaban J connectivity index is 1.89. The van der Waals surface area contributed by atoms with Crippen molar-refractivity contribution in [3.8, 4) is 0 Å². The zero-order valence-corrected chi connectivity index (χ0v) is 13.3. The van der Waals surface area contributed by atoms with Crippen molar-refractivity contribution in [2.45, 2.75) is 6.04 Å². The van der Waals surface area contributed by atoms with Crippen LogP contribution in [0.4, 0.5) is 0 Å². The average Bonchev–Trinajstić information content (AvgIpc) is 2.59. The molecule has 3 aromatic rings. The maximum Gasteiger partial charge on any atom is 0.349 e. The molecule has 6 heteroatoms. The van der Waals surface area contributed by atoms with Crippen molar-refractivity contribution < 1.29 is 14.3 Å². The van der Waals surface area contributed by atoms with Crippen molar-refractivity contribution in [1.29, 1.82) is 0 Å². The Labute approximate surface area is 142 Å². The number of nitrogens with one attached hydrogen (secondary N) is 1. The first-order valence-corrected chi connectivity index (χ1v) is 7.66. The van der Waals surface area contributed by atoms with Crippen LogP contribution in [0, 0.1) is 0 Å². The predicted molar refractivity (Wildman–Crippen MR) is 91.2 cm³/mol. The number of halogens is 1. The van der Waals surface area contributed by atoms with Crippen LogP contribution in [0.1, 0.15) is 22.0 Å². The fourth-order valence-electron chi connectivity index (χ4n) is 2.39. The Bertz CT molecular complexity index is 934. The van der Waals surface area contributed by atoms with Crippen molar-refractivity contribution in [2.75, 3.05) is 6.61 Å². The topological polar surface area (TPSA) is 79.5 Å². The molecule has 3 rings (SSSR count). The van der Waals surface area contributed by atoms with Gasteiger partial charge in [-0.15, -0.1) is 0 Å². The van der Waals surface area contributed by atoms with Gasteiger partial charge < -0.3 is 14.8 Å². The van der Waals surface area contributed by atoms with Gasteiger partial charge in [0, 0.05) is 10.4 Å². The van der Waals surface area contributed by atoms with Crippen LogP contribution in [-0.2, 0) is 0 Å². The molecule has 2 aromatic carbocycles. The molecule has 0 radical (unpaired) electrons. The van der Waals surface area contributed by atoms with Gasteiger partial charge in [0.15, 0.2) is 0 Å². The van der Waals surface area contributed by atoms with Crippen molar-refractivity contribution in [3.05, 3.63) is 81.2 Å². The van der Waals surface area contributed by atoms with Crippen LogP contribution in [0.25, 0.3) is 11.0 Å². The van der Waals surface area contributed by atoms with E-state index in [1.54, 1.807) is 48.5 Å². The van der Waals surface area contributed by atoms with Crippen LogP contribution in [0.15, 0.2) is 63.8 Å². The Kier molecular flexibility index (Phi) is 4.64. The summed E-state index contributed by atoms with van der Waals surface area (Å²) in [5.74, 6) is -0.608. The number of benzene rings is 2. The summed E-state index contributed by atoms with van der Waals surface area (Å²) in [7, 11) is 0. The number of hydrogen-bond donors (Lipinski definition) is 2. The summed E-state index contributed by atoms with van der Waals surface area (Å²) in [6.07, 6.45) is 0. The SMILES string of the molecule is O=C(NC(CO)c1ccc(Cl)cc1)c1cc2ccccc2oc1=O. The molecule has 0 aliphatic heterocycles. The highest BCUT2D eigenvalue weighted by Crippen LogP contribution is 2.17. The first-order chi connectivity index (χ1) is 11.6. The second-order valence-electron chi connectivity index (χ2n) is 5.25. The standard InChI is InChI=1S/C18H14ClNO4/c19-13-7-5-11(6-8-13)15(10-21)20-17(22)14-9-12-3-1-2-4-16(12)24-18(14)23/h1-9,15,21H,10H2,(H,20,22). The number of para-hydroxylation sites is 1. The molecular formula is C18H14ClNO4. The van der Waals surface area contributed by atoms with Crippen LogP contribution in [0.2, 0.25) is 5.02 Å². The maximum absolute atomic E-state index is 12.4. The van der Waals surface area contributed by atoms with E-state index in [1.807, 2.05) is 0 Å². The molecule has 1 amide bonds. The summed E-state index contributed by atoms with van der Waals surface area (Å²) in [5.41, 5.74) is 0.260. The minimum absolute atomic E-state index is 0.110. The molecule has 0 aliphatic rings. The van der Waals surface area contributed by atoms with Gasteiger partial charge in [-0.05, 0) is 29.8 Å². The number of carbonyl (C=O) groups excluding carboxylic acids is 1. The Morgan fingerprint density at radius 3 is 2.58 bits per heavy atom. The molecule has 1 atom stereocenters. The number of rotatable bonds is 4. The van der Waals surface area contributed by atoms with E-state index < -0.39 is 17.6 Å². The number of hydrogen-bond acceptors (Lipinski definition) is 4. The van der Waals surface area contributed by atoms with E-state index in [9.17, 15) is 14.7 Å². The lowest BCUT2D eigenvalue weighted by Gasteiger charge is -2.16. The second kappa shape index (κ2) is 6.86. The zero-order chi connectivity index (χ0) is 17.1. The van der Waals surface area contributed by atoms with Crippen LogP contribution in [0.5, 0.6) is 0 Å². The molecule has 2 N–H and O–H groups in total. The molecule has 0 saturated carbocycles. The summed E-state index contributed by atoms with van der Waals surface area (Å²) in [4.78, 5) is 24.4. The van der Waals surface area contributed by atoms with Crippen LogP contribution >= 0.6 is 11.6 Å². The van der Waals surface area contributed by atoms with Crippen molar-refractivity contribution in [3.63, 3.8) is 0 Å². The van der Waals surface area contributed by atoms with Gasteiger partial charge in [0.2, 0.25) is 0 Å². The van der Waals surface area contributed by atoms with Crippen molar-refractivity contribution in [1.82, 2.24) is 5.32 Å². The van der Waals surface area contributed by atoms with Crippen molar-refractivity contribution >= 4 is 28.5 Å². The molecule has 1 unspecified atom stereocenters. The molecule has 0 fully saturated rings. The van der Waals surface area contributed by atoms with Gasteiger partial charge in [0.05, 0.1) is 12.6 Å². The largest absolute Gasteiger partial charge is 0.422 e. The van der Waals surface area contributed by atoms with Gasteiger partial charge in [0.25, 0.3) is 5.91 Å². The monoisotopic (exact) mass is 343 g/mol. The summed E-state index contributed by atoms with van der Waals surface area (Å²) >= 11 is 5.83. The summed E-state index contributed by atoms with van der Waals surface area (Å²) in [5, 5.41) is 13.4. The molecule has 5 nitrogen and oxygen atoms in total. The van der Waals surface area contributed by atoms with Gasteiger partial charge in [-0.25, -0.2) is 4.79 Å². The lowest BCUT2D eigenvalue weighted by atomic mass is 10.1. The minimum Gasteiger partial charge on any atom is -0.422 e. The fraction of sp³-hybridized carbons (Fsp3) is 0.111. The van der Waals surface area contributed by atoms with Gasteiger partial charge in [-0.2, -0.15) is 0 Å². The molecule has 0 bridgehead atoms. The van der Waals surface area contributed by atoms with E-state index in [0.717, 1.165) is 0 Å². The molecule has 1 heterocycles. The molecular weight excluding hydrogens is 330 g/mol. The zero-order valence-electron chi connectivity index (χ0n) is 12.5. The van der Waals surface area contributed by atoms with E-state index in [2.05, 4.69) is 5.32 Å². The minimum atomic E-state index is -0.723. The van der Waals surface area contributed by atoms with Gasteiger partial charge in [-0.3, -0.25) is 4.79 Å². The van der Waals surface area contributed by atoms with Gasteiger partial charge >= 0.3 is 5.63 Å². The van der Waals surface area contributed by atoms with Gasteiger partial charge in [0.1, 0.15) is 11.1 Å². The summed E-state index contributed by atoms with van der Waals surface area (Å²) in [6.45, 7) is -0.313. The average molecular weight is 344 g/mol. The van der Waals surface area contributed by atoms with E-state index >= 15 is 0 Å². The second-order valence-corrected chi connectivity index (χ2v) is 5.68. The molecule has 1 aromatic heterocycles. The maximum atomic E-state index is 12.4. The fourth-order valence-corrected chi connectivity index (χ4v) is 2.51. The molecule has 0 saturated heterocycles. The number of amides is 1. The third-order valence-electron chi connectivity index (χ3n) is 3.65. The number of aliphatic hydroxyl groups excluding tert-OH is 1. The molecule has 0 spiro atoms. The molecule has 122 valence electrons. The van der Waals surface area contributed by atoms with Gasteiger partial charge in [-0.1, -0.05) is 41.9 Å². The van der Waals surface area contributed by atoms with E-state index in [1.165, 1.54) is 6.07 Å². The first-order valence-electron chi connectivity index (χ1n) is 7.28. The van der Waals surface area contributed by atoms with E-state index in [4.69, 9.17) is 16.0 Å². The smallest absolute Gasteiger partial charge is 0.349 e. The predicted octanol–water partition coefficient (Wildman–Crippen LogP) is 2.91. The lowest BCUT2D eigenvalue weighted by molar-refractivity contribution is 0.0912. The Morgan fingerprint density at radius 1 is 1.17 bits per heavy atom. The van der Waals surface area contributed by atoms with Crippen LogP contribution in [-0.4, -0.2) is 17.6 Å². The third-order valence-corrected chi connectivity index (χ3v) is 3.90. The van der Waals surface area contributed by atoms with E-state index in [-0.39, 0.29) is 12.2 Å². The summed E-state index contributed by atoms with van der Waals surface area (Å²) < 4.78 is 5.15. The summed E-state index contributed by atoms with van der Waals surface area (Å²) in [6, 6.07) is 14.5. The molecule has 0 aliphatic carbocycles. The number of aliphatic hydroxyl groups is 1. The number of fused-ring (bicyclic) bond motifs is 1. The van der Waals surface area contributed by atoms with Crippen molar-refractivity contribution in [2.24, 2.45) is 0 Å². The third kappa shape index (κ3) is 3.32. The Morgan fingerprint density at radius 2 is 1.88 bits per heavy atom. The molecule has 24 heavy (non-hydrogen) atoms. The van der Waals surface area contributed by atoms with Crippen LogP contribution in [0.3, 0.4) is 0 Å². The quantitative estimate of drug-likeness (QED) is 0.714. The number of carbonyl (C=O) groups is 1. The Hall–Kier alpha value is -2.63. The highest BCUT2D eigenvalue weighted by atomic mass is 35.5.